The molecule has 0 bridgehead atoms. The van der Waals surface area contributed by atoms with Crippen molar-refractivity contribution in [3.63, 3.8) is 0 Å². The lowest BCUT2D eigenvalue weighted by Gasteiger charge is -2.44. The van der Waals surface area contributed by atoms with Crippen LogP contribution in [0.3, 0.4) is 0 Å². The third-order valence-electron chi connectivity index (χ3n) is 7.52. The van der Waals surface area contributed by atoms with Crippen LogP contribution in [0.15, 0.2) is 58.9 Å². The Morgan fingerprint density at radius 1 is 1.03 bits per heavy atom. The lowest BCUT2D eigenvalue weighted by molar-refractivity contribution is -0.137. The number of carbonyl (C=O) groups excluding carboxylic acids is 2. The van der Waals surface area contributed by atoms with Gasteiger partial charge in [-0.2, -0.15) is 0 Å². The van der Waals surface area contributed by atoms with Crippen LogP contribution in [0.1, 0.15) is 62.0 Å². The van der Waals surface area contributed by atoms with Crippen LogP contribution in [-0.4, -0.2) is 41.2 Å². The number of nitrogens with zero attached hydrogens (tertiary/aromatic N) is 1. The maximum absolute atomic E-state index is 13.5. The quantitative estimate of drug-likeness (QED) is 0.327. The van der Waals surface area contributed by atoms with Crippen molar-refractivity contribution in [2.45, 2.75) is 57.5 Å². The van der Waals surface area contributed by atoms with Crippen molar-refractivity contribution in [3.8, 4) is 11.5 Å². The van der Waals surface area contributed by atoms with Crippen LogP contribution in [0.25, 0.3) is 0 Å². The van der Waals surface area contributed by atoms with Gasteiger partial charge < -0.3 is 19.5 Å². The van der Waals surface area contributed by atoms with Gasteiger partial charge >= 0.3 is 5.97 Å². The number of ether oxygens (including phenoxy) is 2. The average molecular weight is 662 g/mol. The fourth-order valence-electron chi connectivity index (χ4n) is 5.81. The molecule has 39 heavy (non-hydrogen) atoms. The fourth-order valence-corrected chi connectivity index (χ4v) is 6.72. The van der Waals surface area contributed by atoms with E-state index in [1.165, 1.54) is 0 Å². The molecule has 0 amide bonds. The number of benzene rings is 2. The normalized spacial score (nSPS) is 17.8. The van der Waals surface area contributed by atoms with Gasteiger partial charge in [0.25, 0.3) is 0 Å². The standard InChI is InChI=1S/C30H29ClINO6/c1-38-25-15-18(14-20(32)30(25)39-16-17-8-10-19(31)11-9-17)27-28-21(4-2-6-23(28)34)33(13-12-26(36)37)22-5-3-7-24(35)29(22)27/h8-11,14-15,27H,2-7,12-13,16H2,1H3,(H,36,37). The maximum atomic E-state index is 13.5. The summed E-state index contributed by atoms with van der Waals surface area (Å²) in [5, 5.41) is 10.0. The van der Waals surface area contributed by atoms with Crippen molar-refractivity contribution in [1.29, 1.82) is 0 Å². The van der Waals surface area contributed by atoms with E-state index >= 15 is 0 Å². The Kier molecular flexibility index (Phi) is 8.32. The van der Waals surface area contributed by atoms with Crippen molar-refractivity contribution in [1.82, 2.24) is 4.90 Å². The second-order valence-electron chi connectivity index (χ2n) is 9.95. The minimum atomic E-state index is -0.904. The number of halogens is 2. The van der Waals surface area contributed by atoms with Crippen LogP contribution in [0.2, 0.25) is 5.02 Å². The maximum Gasteiger partial charge on any atom is 0.305 e. The summed E-state index contributed by atoms with van der Waals surface area (Å²) in [6, 6.07) is 11.3. The summed E-state index contributed by atoms with van der Waals surface area (Å²) in [4.78, 5) is 40.3. The third kappa shape index (κ3) is 5.59. The third-order valence-corrected chi connectivity index (χ3v) is 8.57. The lowest BCUT2D eigenvalue weighted by Crippen LogP contribution is -2.40. The smallest absolute Gasteiger partial charge is 0.305 e. The molecular weight excluding hydrogens is 633 g/mol. The zero-order valence-electron chi connectivity index (χ0n) is 21.6. The Morgan fingerprint density at radius 2 is 1.64 bits per heavy atom. The van der Waals surface area contributed by atoms with Crippen LogP contribution in [0, 0.1) is 3.57 Å². The highest BCUT2D eigenvalue weighted by molar-refractivity contribution is 14.1. The predicted octanol–water partition coefficient (Wildman–Crippen LogP) is 6.42. The van der Waals surface area contributed by atoms with E-state index in [0.717, 1.165) is 26.1 Å². The molecule has 0 radical (unpaired) electrons. The Balaban J connectivity index is 1.58. The molecular formula is C30H29ClINO6. The predicted molar refractivity (Wildman–Crippen MR) is 155 cm³/mol. The molecule has 2 aliphatic carbocycles. The Labute approximate surface area is 245 Å². The molecule has 0 saturated carbocycles. The van der Waals surface area contributed by atoms with E-state index in [9.17, 15) is 19.5 Å². The van der Waals surface area contributed by atoms with Gasteiger partial charge in [-0.05, 0) is 83.7 Å². The van der Waals surface area contributed by atoms with Crippen LogP contribution in [-0.2, 0) is 21.0 Å². The van der Waals surface area contributed by atoms with Crippen molar-refractivity contribution in [3.05, 3.63) is 78.7 Å². The summed E-state index contributed by atoms with van der Waals surface area (Å²) in [6.45, 7) is 0.574. The van der Waals surface area contributed by atoms with Gasteiger partial charge in [-0.25, -0.2) is 0 Å². The molecule has 7 nitrogen and oxygen atoms in total. The van der Waals surface area contributed by atoms with E-state index in [2.05, 4.69) is 22.6 Å². The summed E-state index contributed by atoms with van der Waals surface area (Å²) >= 11 is 8.21. The molecule has 0 spiro atoms. The zero-order chi connectivity index (χ0) is 27.7. The molecule has 1 aliphatic heterocycles. The molecule has 0 fully saturated rings. The van der Waals surface area contributed by atoms with Gasteiger partial charge in [-0.15, -0.1) is 0 Å². The van der Waals surface area contributed by atoms with E-state index in [1.54, 1.807) is 7.11 Å². The number of methoxy groups -OCH3 is 1. The SMILES string of the molecule is COc1cc(C2C3=C(CCCC3=O)N(CCC(=O)O)C3=C2C(=O)CCC3)cc(I)c1OCc1ccc(Cl)cc1. The van der Waals surface area contributed by atoms with E-state index in [0.29, 0.717) is 72.8 Å². The zero-order valence-corrected chi connectivity index (χ0v) is 24.5. The van der Waals surface area contributed by atoms with Crippen LogP contribution >= 0.6 is 34.2 Å². The van der Waals surface area contributed by atoms with Gasteiger partial charge in [-0.3, -0.25) is 14.4 Å². The molecule has 3 aliphatic rings. The molecule has 1 heterocycles. The molecule has 0 atom stereocenters. The molecule has 9 heteroatoms. The van der Waals surface area contributed by atoms with Gasteiger partial charge in [0.2, 0.25) is 0 Å². The van der Waals surface area contributed by atoms with Crippen LogP contribution in [0.5, 0.6) is 11.5 Å². The van der Waals surface area contributed by atoms with Crippen molar-refractivity contribution in [2.75, 3.05) is 13.7 Å². The van der Waals surface area contributed by atoms with E-state index < -0.39 is 11.9 Å². The molecule has 1 N–H and O–H groups in total. The largest absolute Gasteiger partial charge is 0.493 e. The summed E-state index contributed by atoms with van der Waals surface area (Å²) in [6.07, 6.45) is 3.54. The first-order valence-corrected chi connectivity index (χ1v) is 14.5. The minimum Gasteiger partial charge on any atom is -0.493 e. The van der Waals surface area contributed by atoms with Gasteiger partial charge in [0, 0.05) is 52.9 Å². The fraction of sp³-hybridized carbons (Fsp3) is 0.367. The first-order valence-electron chi connectivity index (χ1n) is 13.0. The Hall–Kier alpha value is -2.85. The number of carbonyl (C=O) groups is 3. The molecule has 0 unspecified atom stereocenters. The lowest BCUT2D eigenvalue weighted by atomic mass is 9.71. The molecule has 5 rings (SSSR count). The topological polar surface area (TPSA) is 93.1 Å². The number of aliphatic carboxylic acids is 1. The number of ketones is 2. The summed E-state index contributed by atoms with van der Waals surface area (Å²) in [5.74, 6) is -0.269. The minimum absolute atomic E-state index is 0.0172. The second kappa shape index (κ2) is 11.7. The first kappa shape index (κ1) is 27.7. The highest BCUT2D eigenvalue weighted by Gasteiger charge is 2.43. The number of hydrogen-bond donors (Lipinski definition) is 1. The van der Waals surface area contributed by atoms with Gasteiger partial charge in [0.15, 0.2) is 23.1 Å². The summed E-state index contributed by atoms with van der Waals surface area (Å²) in [5.41, 5.74) is 4.73. The van der Waals surface area contributed by atoms with Gasteiger partial charge in [0.05, 0.1) is 17.1 Å². The number of hydrogen-bond acceptors (Lipinski definition) is 6. The average Bonchev–Trinajstić information content (AvgIpc) is 2.91. The number of carboxylic acids is 1. The highest BCUT2D eigenvalue weighted by Crippen LogP contribution is 2.50. The molecule has 0 aromatic heterocycles. The van der Waals surface area contributed by atoms with E-state index in [-0.39, 0.29) is 24.5 Å². The van der Waals surface area contributed by atoms with Gasteiger partial charge in [-0.1, -0.05) is 23.7 Å². The highest BCUT2D eigenvalue weighted by atomic mass is 127. The first-order chi connectivity index (χ1) is 18.8. The van der Waals surface area contributed by atoms with E-state index in [1.807, 2.05) is 41.3 Å². The monoisotopic (exact) mass is 661 g/mol. The molecule has 2 aromatic rings. The second-order valence-corrected chi connectivity index (χ2v) is 11.6. The Bertz CT molecular complexity index is 1350. The summed E-state index contributed by atoms with van der Waals surface area (Å²) in [7, 11) is 1.58. The summed E-state index contributed by atoms with van der Waals surface area (Å²) < 4.78 is 12.7. The number of allylic oxidation sites excluding steroid dienone is 4. The van der Waals surface area contributed by atoms with Crippen molar-refractivity contribution < 1.29 is 29.0 Å². The Morgan fingerprint density at radius 3 is 2.21 bits per heavy atom. The van der Waals surface area contributed by atoms with Crippen LogP contribution in [0.4, 0.5) is 0 Å². The molecule has 204 valence electrons. The number of rotatable bonds is 8. The molecule has 0 saturated heterocycles. The number of Topliss-reactive ketones (excluding diaryl/α,β-unsaturated/α-hetero) is 2. The van der Waals surface area contributed by atoms with Crippen molar-refractivity contribution >= 4 is 51.7 Å². The van der Waals surface area contributed by atoms with E-state index in [4.69, 9.17) is 21.1 Å². The van der Waals surface area contributed by atoms with Crippen molar-refractivity contribution in [2.24, 2.45) is 0 Å². The number of carboxylic acid groups (broad SMARTS) is 1. The van der Waals surface area contributed by atoms with Gasteiger partial charge in [0.1, 0.15) is 6.61 Å². The van der Waals surface area contributed by atoms with Crippen LogP contribution < -0.4 is 9.47 Å². The molecule has 2 aromatic carbocycles.